The lowest BCUT2D eigenvalue weighted by molar-refractivity contribution is -0.124. The van der Waals surface area contributed by atoms with Crippen molar-refractivity contribution in [2.45, 2.75) is 33.1 Å². The number of carbonyl (C=O) groups excluding carboxylic acids is 2. The second-order valence-corrected chi connectivity index (χ2v) is 6.77. The Morgan fingerprint density at radius 1 is 1.24 bits per heavy atom. The molecule has 2 aliphatic rings. The molecule has 0 radical (unpaired) electrons. The van der Waals surface area contributed by atoms with Crippen molar-refractivity contribution in [1.29, 1.82) is 0 Å². The zero-order chi connectivity index (χ0) is 18.1. The Bertz CT molecular complexity index is 458. The lowest BCUT2D eigenvalue weighted by atomic mass is 9.99. The molecule has 25 heavy (non-hydrogen) atoms. The predicted molar refractivity (Wildman–Crippen MR) is 98.5 cm³/mol. The molecule has 3 N–H and O–H groups in total. The first-order valence-corrected chi connectivity index (χ1v) is 9.43. The third-order valence-corrected chi connectivity index (χ3v) is 4.69. The van der Waals surface area contributed by atoms with Crippen LogP contribution >= 0.6 is 0 Å². The molecule has 2 fully saturated rings. The van der Waals surface area contributed by atoms with Crippen molar-refractivity contribution in [2.75, 3.05) is 52.4 Å². The van der Waals surface area contributed by atoms with E-state index in [2.05, 4.69) is 32.8 Å². The van der Waals surface area contributed by atoms with Crippen LogP contribution in [0, 0.1) is 5.92 Å². The summed E-state index contributed by atoms with van der Waals surface area (Å²) in [5.74, 6) is 1.43. The topological polar surface area (TPSA) is 89.1 Å². The standard InChI is InChI=1S/C17H32N6O2/c1-3-18-16(20-8-12-23-15(24)13-21-17(23)25)19-7-4-9-22-10-5-14(2)6-11-22/h14H,3-13H2,1-2H3,(H,21,25)(H2,18,19,20). The Kier molecular flexibility index (Phi) is 7.97. The lowest BCUT2D eigenvalue weighted by Crippen LogP contribution is -2.43. The fourth-order valence-electron chi connectivity index (χ4n) is 3.08. The highest BCUT2D eigenvalue weighted by Crippen LogP contribution is 2.15. The number of hydrogen-bond donors (Lipinski definition) is 3. The van der Waals surface area contributed by atoms with E-state index in [4.69, 9.17) is 0 Å². The number of aliphatic imine (C=N–C) groups is 1. The fraction of sp³-hybridized carbons (Fsp3) is 0.824. The Hall–Kier alpha value is -1.83. The summed E-state index contributed by atoms with van der Waals surface area (Å²) < 4.78 is 0. The number of guanidine groups is 1. The van der Waals surface area contributed by atoms with Gasteiger partial charge in [0, 0.05) is 26.2 Å². The van der Waals surface area contributed by atoms with Crippen molar-refractivity contribution in [2.24, 2.45) is 10.9 Å². The average Bonchev–Trinajstić information content (AvgIpc) is 2.92. The average molecular weight is 352 g/mol. The maximum absolute atomic E-state index is 11.5. The lowest BCUT2D eigenvalue weighted by Gasteiger charge is -2.29. The number of imide groups is 1. The highest BCUT2D eigenvalue weighted by atomic mass is 16.2. The summed E-state index contributed by atoms with van der Waals surface area (Å²) in [5, 5.41) is 8.90. The summed E-state index contributed by atoms with van der Waals surface area (Å²) in [6, 6.07) is -0.315. The molecule has 8 nitrogen and oxygen atoms in total. The number of piperidine rings is 1. The van der Waals surface area contributed by atoms with Gasteiger partial charge in [0.05, 0.1) is 6.54 Å². The third kappa shape index (κ3) is 6.53. The van der Waals surface area contributed by atoms with Crippen LogP contribution in [0.25, 0.3) is 0 Å². The van der Waals surface area contributed by atoms with Crippen molar-refractivity contribution < 1.29 is 9.59 Å². The first kappa shape index (κ1) is 19.5. The summed E-state index contributed by atoms with van der Waals surface area (Å²) >= 11 is 0. The van der Waals surface area contributed by atoms with Crippen LogP contribution < -0.4 is 16.0 Å². The van der Waals surface area contributed by atoms with Crippen molar-refractivity contribution in [1.82, 2.24) is 25.8 Å². The van der Waals surface area contributed by atoms with Gasteiger partial charge in [-0.05, 0) is 51.7 Å². The van der Waals surface area contributed by atoms with E-state index in [1.807, 2.05) is 6.92 Å². The van der Waals surface area contributed by atoms with E-state index in [-0.39, 0.29) is 18.5 Å². The molecule has 3 amide bonds. The van der Waals surface area contributed by atoms with Crippen LogP contribution in [-0.2, 0) is 4.79 Å². The summed E-state index contributed by atoms with van der Waals surface area (Å²) in [5.41, 5.74) is 0. The van der Waals surface area contributed by atoms with Crippen molar-refractivity contribution in [3.05, 3.63) is 0 Å². The molecule has 2 aliphatic heterocycles. The van der Waals surface area contributed by atoms with E-state index in [0.29, 0.717) is 13.1 Å². The molecule has 142 valence electrons. The minimum atomic E-state index is -0.315. The molecular formula is C17H32N6O2. The second kappa shape index (κ2) is 10.2. The number of rotatable bonds is 8. The van der Waals surface area contributed by atoms with Gasteiger partial charge in [-0.3, -0.25) is 14.7 Å². The van der Waals surface area contributed by atoms with Gasteiger partial charge < -0.3 is 20.9 Å². The molecule has 0 aromatic heterocycles. The smallest absolute Gasteiger partial charge is 0.324 e. The highest BCUT2D eigenvalue weighted by molar-refractivity contribution is 6.01. The Morgan fingerprint density at radius 2 is 2.00 bits per heavy atom. The van der Waals surface area contributed by atoms with Crippen LogP contribution in [0.1, 0.15) is 33.1 Å². The first-order valence-electron chi connectivity index (χ1n) is 9.43. The molecule has 0 atom stereocenters. The van der Waals surface area contributed by atoms with Crippen LogP contribution in [-0.4, -0.2) is 80.1 Å². The Balaban J connectivity index is 1.65. The summed E-state index contributed by atoms with van der Waals surface area (Å²) in [6.07, 6.45) is 3.64. The predicted octanol–water partition coefficient (Wildman–Crippen LogP) is 0.215. The summed E-state index contributed by atoms with van der Waals surface area (Å²) in [7, 11) is 0. The molecule has 2 saturated heterocycles. The molecule has 0 bridgehead atoms. The summed E-state index contributed by atoms with van der Waals surface area (Å²) in [6.45, 7) is 10.3. The molecule has 0 spiro atoms. The molecule has 0 aromatic carbocycles. The number of urea groups is 1. The van der Waals surface area contributed by atoms with Gasteiger partial charge in [0.2, 0.25) is 5.91 Å². The van der Waals surface area contributed by atoms with E-state index < -0.39 is 0 Å². The first-order chi connectivity index (χ1) is 12.1. The van der Waals surface area contributed by atoms with E-state index >= 15 is 0 Å². The zero-order valence-corrected chi connectivity index (χ0v) is 15.5. The third-order valence-electron chi connectivity index (χ3n) is 4.69. The molecule has 2 rings (SSSR count). The largest absolute Gasteiger partial charge is 0.357 e. The van der Waals surface area contributed by atoms with Gasteiger partial charge in [0.25, 0.3) is 0 Å². The monoisotopic (exact) mass is 352 g/mol. The molecule has 0 saturated carbocycles. The van der Waals surface area contributed by atoms with Gasteiger partial charge >= 0.3 is 6.03 Å². The number of nitrogens with one attached hydrogen (secondary N) is 3. The number of hydrogen-bond acceptors (Lipinski definition) is 4. The Labute approximate surface area is 150 Å². The highest BCUT2D eigenvalue weighted by Gasteiger charge is 2.27. The zero-order valence-electron chi connectivity index (χ0n) is 15.5. The van der Waals surface area contributed by atoms with Crippen LogP contribution in [0.15, 0.2) is 4.99 Å². The van der Waals surface area contributed by atoms with Crippen LogP contribution in [0.5, 0.6) is 0 Å². The van der Waals surface area contributed by atoms with Crippen molar-refractivity contribution >= 4 is 17.9 Å². The second-order valence-electron chi connectivity index (χ2n) is 6.77. The molecule has 2 heterocycles. The van der Waals surface area contributed by atoms with Gasteiger partial charge in [-0.1, -0.05) is 6.92 Å². The molecule has 0 aromatic rings. The quantitative estimate of drug-likeness (QED) is 0.252. The van der Waals surface area contributed by atoms with Gasteiger partial charge in [0.15, 0.2) is 5.96 Å². The van der Waals surface area contributed by atoms with Crippen LogP contribution in [0.2, 0.25) is 0 Å². The molecule has 0 aliphatic carbocycles. The van der Waals surface area contributed by atoms with Gasteiger partial charge in [-0.15, -0.1) is 0 Å². The maximum Gasteiger partial charge on any atom is 0.324 e. The van der Waals surface area contributed by atoms with E-state index in [0.717, 1.165) is 37.9 Å². The fourth-order valence-corrected chi connectivity index (χ4v) is 3.08. The maximum atomic E-state index is 11.5. The normalized spacial score (nSPS) is 20.1. The van der Waals surface area contributed by atoms with Gasteiger partial charge in [0.1, 0.15) is 0 Å². The Morgan fingerprint density at radius 3 is 2.64 bits per heavy atom. The minimum absolute atomic E-state index is 0.0995. The van der Waals surface area contributed by atoms with E-state index in [9.17, 15) is 9.59 Å². The van der Waals surface area contributed by atoms with E-state index in [1.54, 1.807) is 0 Å². The number of amides is 3. The molecule has 8 heteroatoms. The molecular weight excluding hydrogens is 320 g/mol. The SMILES string of the molecule is CCNC(=NCCCN1CCC(C)CC1)NCCN1C(=O)CNC1=O. The van der Waals surface area contributed by atoms with Gasteiger partial charge in [-0.2, -0.15) is 0 Å². The van der Waals surface area contributed by atoms with Crippen LogP contribution in [0.4, 0.5) is 4.79 Å². The number of likely N-dealkylation sites (tertiary alicyclic amines) is 1. The minimum Gasteiger partial charge on any atom is -0.357 e. The number of nitrogens with zero attached hydrogens (tertiary/aromatic N) is 3. The van der Waals surface area contributed by atoms with Crippen molar-refractivity contribution in [3.8, 4) is 0 Å². The van der Waals surface area contributed by atoms with Gasteiger partial charge in [-0.25, -0.2) is 4.79 Å². The summed E-state index contributed by atoms with van der Waals surface area (Å²) in [4.78, 5) is 31.3. The molecule has 0 unspecified atom stereocenters. The van der Waals surface area contributed by atoms with E-state index in [1.165, 1.54) is 30.8 Å². The van der Waals surface area contributed by atoms with Crippen LogP contribution in [0.3, 0.4) is 0 Å². The number of carbonyl (C=O) groups is 2. The van der Waals surface area contributed by atoms with Crippen molar-refractivity contribution in [3.63, 3.8) is 0 Å².